The number of benzene rings is 1. The summed E-state index contributed by atoms with van der Waals surface area (Å²) in [6, 6.07) is 0. The Hall–Kier alpha value is -2.71. The fraction of sp³-hybridized carbons (Fsp3) is 0.294. The second-order valence-electron chi connectivity index (χ2n) is 5.52. The van der Waals surface area contributed by atoms with Gasteiger partial charge >= 0.3 is 5.97 Å². The van der Waals surface area contributed by atoms with Crippen molar-refractivity contribution in [2.75, 3.05) is 7.11 Å². The number of ether oxygens (including phenoxy) is 1. The van der Waals surface area contributed by atoms with Gasteiger partial charge in [-0.25, -0.2) is 26.7 Å². The van der Waals surface area contributed by atoms with Crippen molar-refractivity contribution in [3.8, 4) is 0 Å². The van der Waals surface area contributed by atoms with Crippen LogP contribution in [0.4, 0.5) is 22.0 Å². The molecule has 0 unspecified atom stereocenters. The lowest BCUT2D eigenvalue weighted by atomic mass is 9.95. The van der Waals surface area contributed by atoms with Gasteiger partial charge < -0.3 is 9.57 Å². The second kappa shape index (κ2) is 8.11. The summed E-state index contributed by atoms with van der Waals surface area (Å²) in [4.78, 5) is 16.0. The molecule has 26 heavy (non-hydrogen) atoms. The van der Waals surface area contributed by atoms with Gasteiger partial charge in [0.25, 0.3) is 0 Å². The van der Waals surface area contributed by atoms with E-state index in [1.54, 1.807) is 6.08 Å². The van der Waals surface area contributed by atoms with Crippen LogP contribution < -0.4 is 0 Å². The van der Waals surface area contributed by atoms with Gasteiger partial charge in [-0.3, -0.25) is 0 Å². The summed E-state index contributed by atoms with van der Waals surface area (Å²) in [5.74, 6) is -12.4. The lowest BCUT2D eigenvalue weighted by molar-refractivity contribution is 0.0499. The molecule has 140 valence electrons. The minimum Gasteiger partial charge on any atom is -0.497 e. The van der Waals surface area contributed by atoms with Crippen molar-refractivity contribution in [3.05, 3.63) is 58.6 Å². The summed E-state index contributed by atoms with van der Waals surface area (Å²) in [5.41, 5.74) is -1.39. The quantitative estimate of drug-likeness (QED) is 0.191. The van der Waals surface area contributed by atoms with Crippen LogP contribution in [0.1, 0.15) is 30.1 Å². The largest absolute Gasteiger partial charge is 0.497 e. The van der Waals surface area contributed by atoms with Gasteiger partial charge in [0, 0.05) is 0 Å². The van der Waals surface area contributed by atoms with Crippen LogP contribution in [0.3, 0.4) is 0 Å². The summed E-state index contributed by atoms with van der Waals surface area (Å²) < 4.78 is 71.3. The SMILES string of the molecule is COC1=CC[C@H](C/C(C)=N\OC(=O)c2c(F)c(F)c(F)c(F)c2F)C=C1. The van der Waals surface area contributed by atoms with Gasteiger partial charge in [0.1, 0.15) is 11.3 Å². The van der Waals surface area contributed by atoms with E-state index in [1.807, 2.05) is 12.2 Å². The molecule has 1 aromatic rings. The number of hydrogen-bond acceptors (Lipinski definition) is 4. The maximum atomic E-state index is 13.5. The van der Waals surface area contributed by atoms with Crippen molar-refractivity contribution in [1.82, 2.24) is 0 Å². The predicted octanol–water partition coefficient (Wildman–Crippen LogP) is 4.41. The normalized spacial score (nSPS) is 17.1. The Labute approximate surface area is 145 Å². The topological polar surface area (TPSA) is 47.9 Å². The molecule has 1 aliphatic carbocycles. The molecule has 0 amide bonds. The van der Waals surface area contributed by atoms with E-state index >= 15 is 0 Å². The van der Waals surface area contributed by atoms with Crippen molar-refractivity contribution in [3.63, 3.8) is 0 Å². The zero-order valence-electron chi connectivity index (χ0n) is 13.8. The Morgan fingerprint density at radius 2 is 1.69 bits per heavy atom. The molecule has 9 heteroatoms. The monoisotopic (exact) mass is 375 g/mol. The number of nitrogens with zero attached hydrogens (tertiary/aromatic N) is 1. The van der Waals surface area contributed by atoms with Gasteiger partial charge in [0.2, 0.25) is 5.82 Å². The van der Waals surface area contributed by atoms with Gasteiger partial charge in [-0.2, -0.15) is 0 Å². The van der Waals surface area contributed by atoms with Crippen LogP contribution >= 0.6 is 0 Å². The van der Waals surface area contributed by atoms with Crippen molar-refractivity contribution < 1.29 is 36.3 Å². The maximum Gasteiger partial charge on any atom is 0.371 e. The molecule has 0 fully saturated rings. The van der Waals surface area contributed by atoms with E-state index in [9.17, 15) is 26.7 Å². The molecule has 0 saturated heterocycles. The summed E-state index contributed by atoms with van der Waals surface area (Å²) in [6.45, 7) is 1.50. The highest BCUT2D eigenvalue weighted by molar-refractivity contribution is 5.91. The van der Waals surface area contributed by atoms with Crippen LogP contribution in [0.25, 0.3) is 0 Å². The molecule has 0 heterocycles. The Morgan fingerprint density at radius 3 is 2.19 bits per heavy atom. The number of carbonyl (C=O) groups excluding carboxylic acids is 1. The first-order valence-electron chi connectivity index (χ1n) is 7.44. The molecule has 0 saturated carbocycles. The van der Waals surface area contributed by atoms with Crippen LogP contribution in [0, 0.1) is 35.0 Å². The van der Waals surface area contributed by atoms with Gasteiger partial charge in [-0.1, -0.05) is 11.2 Å². The third-order valence-electron chi connectivity index (χ3n) is 3.65. The van der Waals surface area contributed by atoms with Crippen molar-refractivity contribution in [1.29, 1.82) is 0 Å². The van der Waals surface area contributed by atoms with Crippen molar-refractivity contribution >= 4 is 11.7 Å². The fourth-order valence-electron chi connectivity index (χ4n) is 2.31. The van der Waals surface area contributed by atoms with Crippen LogP contribution in [-0.2, 0) is 9.57 Å². The maximum absolute atomic E-state index is 13.5. The first-order chi connectivity index (χ1) is 12.3. The zero-order valence-corrected chi connectivity index (χ0v) is 13.8. The molecule has 0 aromatic heterocycles. The molecule has 1 atom stereocenters. The van der Waals surface area contributed by atoms with Gasteiger partial charge in [0.05, 0.1) is 12.8 Å². The van der Waals surface area contributed by atoms with E-state index < -0.39 is 40.6 Å². The molecular weight excluding hydrogens is 361 g/mol. The fourth-order valence-corrected chi connectivity index (χ4v) is 2.31. The Balaban J connectivity index is 2.08. The minimum atomic E-state index is -2.36. The summed E-state index contributed by atoms with van der Waals surface area (Å²) in [7, 11) is 1.53. The third kappa shape index (κ3) is 4.09. The Bertz CT molecular complexity index is 788. The van der Waals surface area contributed by atoms with Crippen LogP contribution in [0.2, 0.25) is 0 Å². The van der Waals surface area contributed by atoms with E-state index in [0.29, 0.717) is 24.3 Å². The average Bonchev–Trinajstić information content (AvgIpc) is 2.64. The van der Waals surface area contributed by atoms with Crippen molar-refractivity contribution in [2.45, 2.75) is 19.8 Å². The standard InChI is InChI=1S/C17H14F5NO3/c1-8(7-9-3-5-10(25-2)6-4-9)23-26-17(24)11-12(18)14(20)16(22)15(21)13(11)19/h3,5-6,9H,4,7H2,1-2H3/b23-8-/t9-/m1/s1. The van der Waals surface area contributed by atoms with E-state index in [-0.39, 0.29) is 5.92 Å². The van der Waals surface area contributed by atoms with Crippen LogP contribution in [-0.4, -0.2) is 18.8 Å². The molecule has 0 N–H and O–H groups in total. The highest BCUT2D eigenvalue weighted by Crippen LogP contribution is 2.24. The van der Waals surface area contributed by atoms with Crippen LogP contribution in [0.5, 0.6) is 0 Å². The molecule has 0 bridgehead atoms. The average molecular weight is 375 g/mol. The Kier molecular flexibility index (Phi) is 6.12. The van der Waals surface area contributed by atoms with E-state index in [0.717, 1.165) is 0 Å². The van der Waals surface area contributed by atoms with E-state index in [1.165, 1.54) is 14.0 Å². The number of rotatable bonds is 5. The van der Waals surface area contributed by atoms with E-state index in [2.05, 4.69) is 9.99 Å². The molecule has 1 aromatic carbocycles. The number of oxime groups is 1. The molecule has 0 aliphatic heterocycles. The smallest absolute Gasteiger partial charge is 0.371 e. The highest BCUT2D eigenvalue weighted by Gasteiger charge is 2.31. The lowest BCUT2D eigenvalue weighted by Crippen LogP contribution is -2.14. The number of methoxy groups -OCH3 is 1. The van der Waals surface area contributed by atoms with Gasteiger partial charge in [-0.15, -0.1) is 0 Å². The lowest BCUT2D eigenvalue weighted by Gasteiger charge is -2.15. The number of hydrogen-bond donors (Lipinski definition) is 0. The zero-order chi connectivity index (χ0) is 19.4. The molecule has 4 nitrogen and oxygen atoms in total. The third-order valence-corrected chi connectivity index (χ3v) is 3.65. The Morgan fingerprint density at radius 1 is 1.12 bits per heavy atom. The molecule has 1 aliphatic rings. The van der Waals surface area contributed by atoms with E-state index in [4.69, 9.17) is 4.74 Å². The minimum absolute atomic E-state index is 0.0329. The number of carbonyl (C=O) groups is 1. The van der Waals surface area contributed by atoms with Gasteiger partial charge in [-0.05, 0) is 37.8 Å². The summed E-state index contributed by atoms with van der Waals surface area (Å²) in [5, 5.41) is 3.41. The highest BCUT2D eigenvalue weighted by atomic mass is 19.2. The first kappa shape index (κ1) is 19.6. The molecule has 0 radical (unpaired) electrons. The summed E-state index contributed by atoms with van der Waals surface area (Å²) >= 11 is 0. The number of halogens is 5. The molecular formula is C17H14F5NO3. The number of allylic oxidation sites excluding steroid dienone is 3. The molecule has 2 rings (SSSR count). The van der Waals surface area contributed by atoms with Gasteiger partial charge in [0.15, 0.2) is 23.3 Å². The molecule has 0 spiro atoms. The summed E-state index contributed by atoms with van der Waals surface area (Å²) in [6.07, 6.45) is 6.44. The first-order valence-corrected chi connectivity index (χ1v) is 7.44. The predicted molar refractivity (Wildman–Crippen MR) is 81.7 cm³/mol. The van der Waals surface area contributed by atoms with Crippen molar-refractivity contribution in [2.24, 2.45) is 11.1 Å². The van der Waals surface area contributed by atoms with Crippen LogP contribution in [0.15, 0.2) is 29.1 Å². The second-order valence-corrected chi connectivity index (χ2v) is 5.52.